The van der Waals surface area contributed by atoms with Gasteiger partial charge in [-0.1, -0.05) is 19.1 Å². The number of methoxy groups -OCH3 is 1. The van der Waals surface area contributed by atoms with Gasteiger partial charge in [0.05, 0.1) is 25.0 Å². The first kappa shape index (κ1) is 28.0. The Bertz CT molecular complexity index is 1050. The molecule has 2 fully saturated rings. The summed E-state index contributed by atoms with van der Waals surface area (Å²) in [4.78, 5) is 24.3. The Morgan fingerprint density at radius 3 is 2.45 bits per heavy atom. The van der Waals surface area contributed by atoms with Crippen LogP contribution in [-0.2, 0) is 33.3 Å². The number of ether oxygens (including phenoxy) is 5. The summed E-state index contributed by atoms with van der Waals surface area (Å²) < 4.78 is 27.1. The first-order chi connectivity index (χ1) is 18.1. The Morgan fingerprint density at radius 2 is 1.76 bits per heavy atom. The van der Waals surface area contributed by atoms with Gasteiger partial charge in [-0.15, -0.1) is 0 Å². The van der Waals surface area contributed by atoms with Crippen molar-refractivity contribution in [3.8, 4) is 5.75 Å². The third kappa shape index (κ3) is 5.85. The molecule has 1 aromatic carbocycles. The Labute approximate surface area is 218 Å². The van der Waals surface area contributed by atoms with E-state index in [2.05, 4.69) is 0 Å². The van der Waals surface area contributed by atoms with Crippen molar-refractivity contribution in [1.82, 2.24) is 0 Å². The van der Waals surface area contributed by atoms with Crippen molar-refractivity contribution in [1.29, 1.82) is 0 Å². The minimum Gasteiger partial charge on any atom is -0.508 e. The molecule has 0 amide bonds. The van der Waals surface area contributed by atoms with Crippen LogP contribution >= 0.6 is 0 Å². The van der Waals surface area contributed by atoms with Crippen LogP contribution in [0.3, 0.4) is 0 Å². The van der Waals surface area contributed by atoms with E-state index in [1.54, 1.807) is 19.1 Å². The van der Waals surface area contributed by atoms with Crippen LogP contribution in [0.2, 0.25) is 0 Å². The summed E-state index contributed by atoms with van der Waals surface area (Å²) in [6, 6.07) is 6.11. The lowest BCUT2D eigenvalue weighted by molar-refractivity contribution is -0.342. The quantitative estimate of drug-likeness (QED) is 0.229. The minimum absolute atomic E-state index is 0.0818. The summed E-state index contributed by atoms with van der Waals surface area (Å²) in [6.07, 6.45) is -5.36. The second-order valence-electron chi connectivity index (χ2n) is 9.62. The number of carbonyl (C=O) groups is 2. The molecular weight excluding hydrogens is 504 g/mol. The van der Waals surface area contributed by atoms with Crippen LogP contribution in [0, 0.1) is 17.8 Å². The van der Waals surface area contributed by atoms with E-state index >= 15 is 0 Å². The number of hydrogen-bond acceptors (Lipinski definition) is 12. The van der Waals surface area contributed by atoms with Gasteiger partial charge in [-0.3, -0.25) is 0 Å². The molecular formula is C26H32O12. The van der Waals surface area contributed by atoms with E-state index in [1.807, 2.05) is 0 Å². The average molecular weight is 537 g/mol. The summed E-state index contributed by atoms with van der Waals surface area (Å²) in [5.74, 6) is -2.52. The van der Waals surface area contributed by atoms with Crippen molar-refractivity contribution in [3.63, 3.8) is 0 Å². The molecule has 4 rings (SSSR count). The third-order valence-electron chi connectivity index (χ3n) is 7.27. The number of aliphatic hydroxyl groups is 4. The second kappa shape index (κ2) is 11.8. The zero-order valence-corrected chi connectivity index (χ0v) is 20.8. The maximum atomic E-state index is 12.2. The number of esters is 2. The van der Waals surface area contributed by atoms with Crippen LogP contribution in [0.15, 0.2) is 42.2 Å². The fourth-order valence-corrected chi connectivity index (χ4v) is 5.05. The highest BCUT2D eigenvalue weighted by atomic mass is 16.8. The largest absolute Gasteiger partial charge is 0.508 e. The smallest absolute Gasteiger partial charge is 0.337 e. The van der Waals surface area contributed by atoms with Crippen molar-refractivity contribution in [2.24, 2.45) is 17.8 Å². The molecule has 2 aliphatic heterocycles. The van der Waals surface area contributed by atoms with Crippen LogP contribution in [-0.4, -0.2) is 94.3 Å². The molecule has 208 valence electrons. The van der Waals surface area contributed by atoms with Crippen molar-refractivity contribution in [2.45, 2.75) is 56.4 Å². The zero-order chi connectivity index (χ0) is 27.6. The molecule has 0 spiro atoms. The van der Waals surface area contributed by atoms with Gasteiger partial charge in [0.1, 0.15) is 36.8 Å². The van der Waals surface area contributed by atoms with Crippen LogP contribution in [0.5, 0.6) is 5.75 Å². The number of phenolic OH excluding ortho intramolecular Hbond substituents is 1. The van der Waals surface area contributed by atoms with E-state index < -0.39 is 73.5 Å². The van der Waals surface area contributed by atoms with Crippen LogP contribution in [0.1, 0.15) is 18.9 Å². The van der Waals surface area contributed by atoms with Gasteiger partial charge >= 0.3 is 11.9 Å². The summed E-state index contributed by atoms with van der Waals surface area (Å²) >= 11 is 0. The fourth-order valence-electron chi connectivity index (χ4n) is 5.05. The highest BCUT2D eigenvalue weighted by Crippen LogP contribution is 2.47. The van der Waals surface area contributed by atoms with E-state index in [-0.39, 0.29) is 23.7 Å². The molecule has 1 saturated heterocycles. The van der Waals surface area contributed by atoms with E-state index in [0.29, 0.717) is 5.56 Å². The molecule has 1 aromatic rings. The molecule has 5 N–H and O–H groups in total. The lowest BCUT2D eigenvalue weighted by Gasteiger charge is -2.43. The number of aliphatic hydroxyl groups excluding tert-OH is 4. The average Bonchev–Trinajstić information content (AvgIpc) is 3.21. The van der Waals surface area contributed by atoms with Crippen molar-refractivity contribution >= 4 is 18.0 Å². The number of benzene rings is 1. The number of rotatable bonds is 7. The number of phenols is 1. The number of aromatic hydroxyl groups is 1. The van der Waals surface area contributed by atoms with Gasteiger partial charge in [-0.25, -0.2) is 9.59 Å². The fraction of sp³-hybridized carbons (Fsp3) is 0.538. The molecule has 12 heteroatoms. The molecule has 0 unspecified atom stereocenters. The predicted molar refractivity (Wildman–Crippen MR) is 128 cm³/mol. The van der Waals surface area contributed by atoms with E-state index in [9.17, 15) is 35.1 Å². The lowest BCUT2D eigenvalue weighted by Crippen LogP contribution is -2.60. The zero-order valence-electron chi connectivity index (χ0n) is 20.8. The highest BCUT2D eigenvalue weighted by Gasteiger charge is 2.53. The molecule has 1 aliphatic carbocycles. The first-order valence-corrected chi connectivity index (χ1v) is 12.2. The molecule has 38 heavy (non-hydrogen) atoms. The molecule has 1 saturated carbocycles. The number of hydrogen-bond donors (Lipinski definition) is 5. The Hall–Kier alpha value is -3.00. The molecule has 2 heterocycles. The SMILES string of the molecule is COC(=O)C1=CO[C@@H](O[C@@H]2O[C@H](COC(=O)/C=C/c3ccc(O)cc3)[C@@H](O)[C@H](O)[C@H]2O)[C@@H]2[C@@H](C)[C@@H](O)C[C@H]12. The highest BCUT2D eigenvalue weighted by molar-refractivity contribution is 5.89. The van der Waals surface area contributed by atoms with Crippen molar-refractivity contribution in [2.75, 3.05) is 13.7 Å². The van der Waals surface area contributed by atoms with Gasteiger partial charge in [0.25, 0.3) is 0 Å². The second-order valence-corrected chi connectivity index (χ2v) is 9.62. The monoisotopic (exact) mass is 536 g/mol. The van der Waals surface area contributed by atoms with Crippen LogP contribution in [0.25, 0.3) is 6.08 Å². The van der Waals surface area contributed by atoms with Crippen molar-refractivity contribution in [3.05, 3.63) is 47.7 Å². The molecule has 0 aromatic heterocycles. The van der Waals surface area contributed by atoms with E-state index in [4.69, 9.17) is 23.7 Å². The van der Waals surface area contributed by atoms with Crippen molar-refractivity contribution < 1.29 is 58.8 Å². The summed E-state index contributed by atoms with van der Waals surface area (Å²) in [5, 5.41) is 51.0. The lowest BCUT2D eigenvalue weighted by atomic mass is 9.83. The maximum Gasteiger partial charge on any atom is 0.337 e. The van der Waals surface area contributed by atoms with Gasteiger partial charge in [-0.2, -0.15) is 0 Å². The Balaban J connectivity index is 1.41. The number of carbonyl (C=O) groups excluding carboxylic acids is 2. The summed E-state index contributed by atoms with van der Waals surface area (Å²) in [7, 11) is 1.24. The molecule has 0 radical (unpaired) electrons. The summed E-state index contributed by atoms with van der Waals surface area (Å²) in [5.41, 5.74) is 0.897. The normalized spacial score (nSPS) is 36.7. The maximum absolute atomic E-state index is 12.2. The van der Waals surface area contributed by atoms with Gasteiger partial charge < -0.3 is 49.2 Å². The molecule has 3 aliphatic rings. The van der Waals surface area contributed by atoms with Gasteiger partial charge in [-0.05, 0) is 36.1 Å². The third-order valence-corrected chi connectivity index (χ3v) is 7.27. The van der Waals surface area contributed by atoms with E-state index in [0.717, 1.165) is 6.08 Å². The Kier molecular flexibility index (Phi) is 8.71. The van der Waals surface area contributed by atoms with Gasteiger partial charge in [0.15, 0.2) is 6.29 Å². The standard InChI is InChI=1S/C26H32O12/c1-12-17(28)9-15-16(24(33)34-2)10-36-25(20(12)15)38-26-23(32)22(31)21(30)18(37-26)11-35-19(29)8-5-13-3-6-14(27)7-4-13/h3-8,10,12,15,17-18,20-23,25-28,30-32H,9,11H2,1-2H3/b8-5+/t12-,15+,17-,18+,20+,21+,22-,23+,25-,26-/m0/s1. The topological polar surface area (TPSA) is 181 Å². The minimum atomic E-state index is -1.68. The number of fused-ring (bicyclic) bond motifs is 1. The molecule has 0 bridgehead atoms. The molecule has 10 atom stereocenters. The molecule has 12 nitrogen and oxygen atoms in total. The summed E-state index contributed by atoms with van der Waals surface area (Å²) in [6.45, 7) is 1.32. The van der Waals surface area contributed by atoms with Crippen LogP contribution < -0.4 is 0 Å². The van der Waals surface area contributed by atoms with E-state index in [1.165, 1.54) is 31.6 Å². The predicted octanol–water partition coefficient (Wildman–Crippen LogP) is -0.181. The first-order valence-electron chi connectivity index (χ1n) is 12.2. The van der Waals surface area contributed by atoms with Crippen LogP contribution in [0.4, 0.5) is 0 Å². The Morgan fingerprint density at radius 1 is 1.05 bits per heavy atom. The van der Waals surface area contributed by atoms with Gasteiger partial charge in [0.2, 0.25) is 6.29 Å². The van der Waals surface area contributed by atoms with Gasteiger partial charge in [0, 0.05) is 17.9 Å².